The van der Waals surface area contributed by atoms with Crippen molar-refractivity contribution in [2.75, 3.05) is 11.9 Å². The van der Waals surface area contributed by atoms with Crippen molar-refractivity contribution in [2.45, 2.75) is 13.3 Å². The molecule has 0 heterocycles. The average Bonchev–Trinajstić information content (AvgIpc) is 2.50. The molecule has 1 amide bonds. The van der Waals surface area contributed by atoms with Gasteiger partial charge in [0, 0.05) is 10.7 Å². The molecule has 2 aromatic carbocycles. The molecule has 22 heavy (non-hydrogen) atoms. The van der Waals surface area contributed by atoms with E-state index in [-0.39, 0.29) is 12.5 Å². The van der Waals surface area contributed by atoms with E-state index in [2.05, 4.69) is 11.9 Å². The molecule has 4 heteroatoms. The number of carbonyl (C=O) groups is 1. The Labute approximate surface area is 135 Å². The Kier molecular flexibility index (Phi) is 5.61. The van der Waals surface area contributed by atoms with Crippen LogP contribution in [-0.2, 0) is 11.2 Å². The number of anilines is 1. The highest BCUT2D eigenvalue weighted by Crippen LogP contribution is 2.21. The molecule has 0 unspecified atom stereocenters. The lowest BCUT2D eigenvalue weighted by Gasteiger charge is -2.12. The van der Waals surface area contributed by atoms with Crippen LogP contribution in [0.25, 0.3) is 0 Å². The van der Waals surface area contributed by atoms with E-state index in [4.69, 9.17) is 16.3 Å². The van der Waals surface area contributed by atoms with Gasteiger partial charge in [0.1, 0.15) is 5.75 Å². The smallest absolute Gasteiger partial charge is 0.262 e. The number of ether oxygens (including phenoxy) is 1. The number of aryl methyl sites for hydroxylation is 1. The van der Waals surface area contributed by atoms with Crippen LogP contribution in [-0.4, -0.2) is 12.5 Å². The van der Waals surface area contributed by atoms with Crippen LogP contribution in [0, 0.1) is 6.92 Å². The standard InChI is InChI=1S/C18H18ClNO2/c1-3-6-14-7-4-5-8-17(14)22-12-18(21)20-16-11-15(19)10-9-13(16)2/h3-5,7-11H,1,6,12H2,2H3,(H,20,21). The number of hydrogen-bond acceptors (Lipinski definition) is 2. The number of hydrogen-bond donors (Lipinski definition) is 1. The number of benzene rings is 2. The minimum atomic E-state index is -0.223. The van der Waals surface area contributed by atoms with Gasteiger partial charge in [-0.05, 0) is 42.7 Å². The summed E-state index contributed by atoms with van der Waals surface area (Å²) in [6.45, 7) is 5.57. The van der Waals surface area contributed by atoms with Crippen LogP contribution in [0.3, 0.4) is 0 Å². The van der Waals surface area contributed by atoms with Gasteiger partial charge >= 0.3 is 0 Å². The van der Waals surface area contributed by atoms with Gasteiger partial charge in [0.15, 0.2) is 6.61 Å². The summed E-state index contributed by atoms with van der Waals surface area (Å²) in [4.78, 5) is 12.0. The van der Waals surface area contributed by atoms with E-state index in [9.17, 15) is 4.79 Å². The van der Waals surface area contributed by atoms with Gasteiger partial charge in [-0.1, -0.05) is 41.9 Å². The summed E-state index contributed by atoms with van der Waals surface area (Å²) in [5, 5.41) is 3.39. The summed E-state index contributed by atoms with van der Waals surface area (Å²) in [5.74, 6) is 0.471. The molecule has 0 bridgehead atoms. The van der Waals surface area contributed by atoms with Gasteiger partial charge in [0.25, 0.3) is 5.91 Å². The third kappa shape index (κ3) is 4.37. The lowest BCUT2D eigenvalue weighted by molar-refractivity contribution is -0.118. The number of amides is 1. The molecule has 0 aliphatic rings. The van der Waals surface area contributed by atoms with Crippen molar-refractivity contribution in [3.8, 4) is 5.75 Å². The van der Waals surface area contributed by atoms with Crippen LogP contribution in [0.5, 0.6) is 5.75 Å². The topological polar surface area (TPSA) is 38.3 Å². The lowest BCUT2D eigenvalue weighted by Crippen LogP contribution is -2.21. The van der Waals surface area contributed by atoms with E-state index in [0.29, 0.717) is 22.9 Å². The van der Waals surface area contributed by atoms with Crippen molar-refractivity contribution in [1.82, 2.24) is 0 Å². The van der Waals surface area contributed by atoms with Crippen molar-refractivity contribution in [1.29, 1.82) is 0 Å². The van der Waals surface area contributed by atoms with Crippen molar-refractivity contribution in [2.24, 2.45) is 0 Å². The second kappa shape index (κ2) is 7.66. The molecule has 1 N–H and O–H groups in total. The summed E-state index contributed by atoms with van der Waals surface area (Å²) >= 11 is 5.94. The average molecular weight is 316 g/mol. The predicted octanol–water partition coefficient (Wildman–Crippen LogP) is 4.39. The number of allylic oxidation sites excluding steroid dienone is 1. The normalized spacial score (nSPS) is 10.1. The van der Waals surface area contributed by atoms with Crippen LogP contribution < -0.4 is 10.1 Å². The third-order valence-corrected chi connectivity index (χ3v) is 3.40. The van der Waals surface area contributed by atoms with Crippen molar-refractivity contribution >= 4 is 23.2 Å². The number of nitrogens with one attached hydrogen (secondary N) is 1. The summed E-state index contributed by atoms with van der Waals surface area (Å²) < 4.78 is 5.60. The van der Waals surface area contributed by atoms with Gasteiger partial charge in [0.05, 0.1) is 0 Å². The highest BCUT2D eigenvalue weighted by molar-refractivity contribution is 6.31. The Balaban J connectivity index is 1.98. The molecule has 0 aliphatic heterocycles. The van der Waals surface area contributed by atoms with E-state index in [1.165, 1.54) is 0 Å². The molecule has 0 fully saturated rings. The Morgan fingerprint density at radius 3 is 2.86 bits per heavy atom. The Morgan fingerprint density at radius 2 is 2.09 bits per heavy atom. The minimum absolute atomic E-state index is 0.0554. The molecule has 0 radical (unpaired) electrons. The van der Waals surface area contributed by atoms with Crippen molar-refractivity contribution < 1.29 is 9.53 Å². The molecule has 0 saturated carbocycles. The van der Waals surface area contributed by atoms with Crippen molar-refractivity contribution in [3.05, 3.63) is 71.3 Å². The summed E-state index contributed by atoms with van der Waals surface area (Å²) in [6.07, 6.45) is 2.50. The second-order valence-corrected chi connectivity index (χ2v) is 5.33. The fraction of sp³-hybridized carbons (Fsp3) is 0.167. The van der Waals surface area contributed by atoms with Crippen LogP contribution in [0.2, 0.25) is 5.02 Å². The molecule has 0 saturated heterocycles. The number of halogens is 1. The van der Waals surface area contributed by atoms with E-state index in [0.717, 1.165) is 11.1 Å². The van der Waals surface area contributed by atoms with E-state index >= 15 is 0 Å². The fourth-order valence-corrected chi connectivity index (χ4v) is 2.20. The second-order valence-electron chi connectivity index (χ2n) is 4.90. The summed E-state index contributed by atoms with van der Waals surface area (Å²) in [6, 6.07) is 13.0. The molecular weight excluding hydrogens is 298 g/mol. The Bertz CT molecular complexity index is 683. The molecule has 0 aromatic heterocycles. The first-order valence-electron chi connectivity index (χ1n) is 6.97. The first kappa shape index (κ1) is 16.1. The highest BCUT2D eigenvalue weighted by atomic mass is 35.5. The van der Waals surface area contributed by atoms with Gasteiger partial charge in [-0.25, -0.2) is 0 Å². The van der Waals surface area contributed by atoms with Crippen LogP contribution in [0.15, 0.2) is 55.1 Å². The van der Waals surface area contributed by atoms with Gasteiger partial charge in [-0.15, -0.1) is 6.58 Å². The van der Waals surface area contributed by atoms with Crippen LogP contribution >= 0.6 is 11.6 Å². The van der Waals surface area contributed by atoms with Crippen LogP contribution in [0.4, 0.5) is 5.69 Å². The molecule has 0 aliphatic carbocycles. The van der Waals surface area contributed by atoms with Gasteiger partial charge in [0.2, 0.25) is 0 Å². The molecule has 0 spiro atoms. The zero-order valence-corrected chi connectivity index (χ0v) is 13.2. The SMILES string of the molecule is C=CCc1ccccc1OCC(=O)Nc1cc(Cl)ccc1C. The monoisotopic (exact) mass is 315 g/mol. The molecule has 2 rings (SSSR count). The number of para-hydroxylation sites is 1. The molecular formula is C18H18ClNO2. The van der Waals surface area contributed by atoms with Crippen molar-refractivity contribution in [3.63, 3.8) is 0 Å². The first-order chi connectivity index (χ1) is 10.6. The highest BCUT2D eigenvalue weighted by Gasteiger charge is 2.08. The zero-order valence-electron chi connectivity index (χ0n) is 12.4. The lowest BCUT2D eigenvalue weighted by atomic mass is 10.1. The maximum absolute atomic E-state index is 12.0. The Morgan fingerprint density at radius 1 is 1.32 bits per heavy atom. The maximum Gasteiger partial charge on any atom is 0.262 e. The number of carbonyl (C=O) groups excluding carboxylic acids is 1. The first-order valence-corrected chi connectivity index (χ1v) is 7.35. The summed E-state index contributed by atoms with van der Waals surface area (Å²) in [5.41, 5.74) is 2.65. The Hall–Kier alpha value is -2.26. The van der Waals surface area contributed by atoms with Gasteiger partial charge < -0.3 is 10.1 Å². The molecule has 2 aromatic rings. The third-order valence-electron chi connectivity index (χ3n) is 3.17. The summed E-state index contributed by atoms with van der Waals surface area (Å²) in [7, 11) is 0. The fourth-order valence-electron chi connectivity index (χ4n) is 2.03. The molecule has 0 atom stereocenters. The largest absolute Gasteiger partial charge is 0.483 e. The predicted molar refractivity (Wildman–Crippen MR) is 90.7 cm³/mol. The minimum Gasteiger partial charge on any atom is -0.483 e. The number of rotatable bonds is 6. The maximum atomic E-state index is 12.0. The van der Waals surface area contributed by atoms with E-state index in [1.807, 2.05) is 37.3 Å². The van der Waals surface area contributed by atoms with Crippen LogP contribution in [0.1, 0.15) is 11.1 Å². The van der Waals surface area contributed by atoms with Gasteiger partial charge in [-0.2, -0.15) is 0 Å². The molecule has 114 valence electrons. The zero-order chi connectivity index (χ0) is 15.9. The molecule has 3 nitrogen and oxygen atoms in total. The van der Waals surface area contributed by atoms with E-state index in [1.54, 1.807) is 18.2 Å². The van der Waals surface area contributed by atoms with Gasteiger partial charge in [-0.3, -0.25) is 4.79 Å². The quantitative estimate of drug-likeness (QED) is 0.803. The van der Waals surface area contributed by atoms with E-state index < -0.39 is 0 Å².